The van der Waals surface area contributed by atoms with Gasteiger partial charge in [-0.15, -0.1) is 0 Å². The second-order valence-electron chi connectivity index (χ2n) is 3.26. The predicted molar refractivity (Wildman–Crippen MR) is 54.9 cm³/mol. The molecule has 0 bridgehead atoms. The van der Waals surface area contributed by atoms with Gasteiger partial charge in [-0.2, -0.15) is 0 Å². The fraction of sp³-hybridized carbons (Fsp3) is 0.545. The van der Waals surface area contributed by atoms with Crippen LogP contribution < -0.4 is 0 Å². The van der Waals surface area contributed by atoms with Crippen molar-refractivity contribution in [3.8, 4) is 0 Å². The first-order valence-electron chi connectivity index (χ1n) is 5.06. The van der Waals surface area contributed by atoms with Gasteiger partial charge < -0.3 is 9.72 Å². The highest BCUT2D eigenvalue weighted by Crippen LogP contribution is 2.12. The van der Waals surface area contributed by atoms with Gasteiger partial charge in [0.05, 0.1) is 12.5 Å². The van der Waals surface area contributed by atoms with Gasteiger partial charge in [0.15, 0.2) is 0 Å². The Labute approximate surface area is 84.5 Å². The summed E-state index contributed by atoms with van der Waals surface area (Å²) in [5.41, 5.74) is 1.09. The van der Waals surface area contributed by atoms with Gasteiger partial charge in [-0.25, -0.2) is 0 Å². The Kier molecular flexibility index (Phi) is 4.23. The zero-order valence-electron chi connectivity index (χ0n) is 8.75. The molecule has 0 saturated carbocycles. The van der Waals surface area contributed by atoms with Gasteiger partial charge in [-0.1, -0.05) is 6.92 Å². The SMILES string of the molecule is CCOC(=O)C(CC)Cc1ccc[nH]1. The molecule has 0 spiro atoms. The molecule has 78 valence electrons. The highest BCUT2D eigenvalue weighted by atomic mass is 16.5. The standard InChI is InChI=1S/C11H17NO2/c1-3-9(11(13)14-4-2)8-10-6-5-7-12-10/h5-7,9,12H,3-4,8H2,1-2H3. The van der Waals surface area contributed by atoms with E-state index in [-0.39, 0.29) is 11.9 Å². The van der Waals surface area contributed by atoms with Crippen molar-refractivity contribution in [3.05, 3.63) is 24.0 Å². The molecule has 3 nitrogen and oxygen atoms in total. The summed E-state index contributed by atoms with van der Waals surface area (Å²) in [6, 6.07) is 3.93. The molecular formula is C11H17NO2. The number of nitrogens with one attached hydrogen (secondary N) is 1. The second-order valence-corrected chi connectivity index (χ2v) is 3.26. The summed E-state index contributed by atoms with van der Waals surface area (Å²) in [5, 5.41) is 0. The Bertz CT molecular complexity index is 267. The molecular weight excluding hydrogens is 178 g/mol. The largest absolute Gasteiger partial charge is 0.466 e. The molecule has 3 heteroatoms. The molecule has 0 aliphatic carbocycles. The van der Waals surface area contributed by atoms with E-state index in [0.29, 0.717) is 6.61 Å². The van der Waals surface area contributed by atoms with Crippen molar-refractivity contribution >= 4 is 5.97 Å². The average molecular weight is 195 g/mol. The molecule has 0 amide bonds. The number of hydrogen-bond acceptors (Lipinski definition) is 2. The van der Waals surface area contributed by atoms with E-state index < -0.39 is 0 Å². The minimum Gasteiger partial charge on any atom is -0.466 e. The maximum Gasteiger partial charge on any atom is 0.309 e. The number of carbonyl (C=O) groups is 1. The van der Waals surface area contributed by atoms with E-state index in [4.69, 9.17) is 4.74 Å². The van der Waals surface area contributed by atoms with Gasteiger partial charge in [0.25, 0.3) is 0 Å². The van der Waals surface area contributed by atoms with Crippen LogP contribution in [0.15, 0.2) is 18.3 Å². The van der Waals surface area contributed by atoms with Crippen LogP contribution in [0.5, 0.6) is 0 Å². The minimum absolute atomic E-state index is 0.0198. The monoisotopic (exact) mass is 195 g/mol. The molecule has 1 aromatic heterocycles. The van der Waals surface area contributed by atoms with Gasteiger partial charge in [0.1, 0.15) is 0 Å². The van der Waals surface area contributed by atoms with E-state index in [9.17, 15) is 4.79 Å². The molecule has 14 heavy (non-hydrogen) atoms. The zero-order valence-corrected chi connectivity index (χ0v) is 8.75. The van der Waals surface area contributed by atoms with E-state index in [0.717, 1.165) is 18.5 Å². The fourth-order valence-corrected chi connectivity index (χ4v) is 1.41. The van der Waals surface area contributed by atoms with Crippen molar-refractivity contribution < 1.29 is 9.53 Å². The van der Waals surface area contributed by atoms with Crippen molar-refractivity contribution in [2.75, 3.05) is 6.61 Å². The molecule has 1 unspecified atom stereocenters. The van der Waals surface area contributed by atoms with Crippen LogP contribution in [-0.4, -0.2) is 17.6 Å². The highest BCUT2D eigenvalue weighted by molar-refractivity contribution is 5.72. The number of ether oxygens (including phenoxy) is 1. The number of carbonyl (C=O) groups excluding carboxylic acids is 1. The summed E-state index contributed by atoms with van der Waals surface area (Å²) in [7, 11) is 0. The first-order chi connectivity index (χ1) is 6.77. The third kappa shape index (κ3) is 2.91. The third-order valence-electron chi connectivity index (χ3n) is 2.24. The maximum atomic E-state index is 11.5. The Hall–Kier alpha value is -1.25. The van der Waals surface area contributed by atoms with Crippen LogP contribution in [-0.2, 0) is 16.0 Å². The number of hydrogen-bond donors (Lipinski definition) is 1. The zero-order chi connectivity index (χ0) is 10.4. The van der Waals surface area contributed by atoms with Crippen LogP contribution in [0.2, 0.25) is 0 Å². The normalized spacial score (nSPS) is 12.4. The summed E-state index contributed by atoms with van der Waals surface area (Å²) in [6.07, 6.45) is 3.42. The molecule has 1 N–H and O–H groups in total. The molecule has 0 fully saturated rings. The molecule has 0 aliphatic heterocycles. The molecule has 0 saturated heterocycles. The smallest absolute Gasteiger partial charge is 0.309 e. The third-order valence-corrected chi connectivity index (χ3v) is 2.24. The van der Waals surface area contributed by atoms with Gasteiger partial charge in [0.2, 0.25) is 0 Å². The van der Waals surface area contributed by atoms with E-state index in [1.165, 1.54) is 0 Å². The van der Waals surface area contributed by atoms with Crippen molar-refractivity contribution in [1.82, 2.24) is 4.98 Å². The van der Waals surface area contributed by atoms with Crippen LogP contribution in [0.3, 0.4) is 0 Å². The van der Waals surface area contributed by atoms with Gasteiger partial charge >= 0.3 is 5.97 Å². The summed E-state index contributed by atoms with van der Waals surface area (Å²) in [5.74, 6) is -0.113. The Morgan fingerprint density at radius 1 is 1.57 bits per heavy atom. The molecule has 1 atom stereocenters. The number of H-pyrrole nitrogens is 1. The minimum atomic E-state index is -0.0930. The number of aromatic amines is 1. The van der Waals surface area contributed by atoms with Gasteiger partial charge in [-0.3, -0.25) is 4.79 Å². The molecule has 0 radical (unpaired) electrons. The van der Waals surface area contributed by atoms with Crippen LogP contribution in [0.25, 0.3) is 0 Å². The predicted octanol–water partition coefficient (Wildman–Crippen LogP) is 2.15. The summed E-state index contributed by atoms with van der Waals surface area (Å²) in [4.78, 5) is 14.6. The van der Waals surface area contributed by atoms with E-state index >= 15 is 0 Å². The molecule has 1 heterocycles. The van der Waals surface area contributed by atoms with Crippen molar-refractivity contribution in [3.63, 3.8) is 0 Å². The number of rotatable bonds is 5. The lowest BCUT2D eigenvalue weighted by atomic mass is 10.0. The van der Waals surface area contributed by atoms with Crippen LogP contribution in [0, 0.1) is 5.92 Å². The lowest BCUT2D eigenvalue weighted by Crippen LogP contribution is -2.19. The first-order valence-corrected chi connectivity index (χ1v) is 5.06. The van der Waals surface area contributed by atoms with E-state index in [1.54, 1.807) is 0 Å². The van der Waals surface area contributed by atoms with Crippen molar-refractivity contribution in [1.29, 1.82) is 0 Å². The lowest BCUT2D eigenvalue weighted by Gasteiger charge is -2.12. The second kappa shape index (κ2) is 5.47. The quantitative estimate of drug-likeness (QED) is 0.731. The summed E-state index contributed by atoms with van der Waals surface area (Å²) in [6.45, 7) is 4.30. The molecule has 1 aromatic rings. The topological polar surface area (TPSA) is 42.1 Å². The highest BCUT2D eigenvalue weighted by Gasteiger charge is 2.18. The first kappa shape index (κ1) is 10.8. The molecule has 0 aromatic carbocycles. The summed E-state index contributed by atoms with van der Waals surface area (Å²) < 4.78 is 4.99. The van der Waals surface area contributed by atoms with Crippen LogP contribution in [0.4, 0.5) is 0 Å². The van der Waals surface area contributed by atoms with Crippen molar-refractivity contribution in [2.45, 2.75) is 26.7 Å². The van der Waals surface area contributed by atoms with Gasteiger partial charge in [-0.05, 0) is 25.5 Å². The molecule has 0 aliphatic rings. The number of esters is 1. The average Bonchev–Trinajstić information content (AvgIpc) is 2.66. The van der Waals surface area contributed by atoms with Crippen molar-refractivity contribution in [2.24, 2.45) is 5.92 Å². The lowest BCUT2D eigenvalue weighted by molar-refractivity contribution is -0.148. The number of aromatic nitrogens is 1. The van der Waals surface area contributed by atoms with Crippen LogP contribution in [0.1, 0.15) is 26.0 Å². The van der Waals surface area contributed by atoms with E-state index in [1.807, 2.05) is 32.2 Å². The van der Waals surface area contributed by atoms with E-state index in [2.05, 4.69) is 4.98 Å². The maximum absolute atomic E-state index is 11.5. The van der Waals surface area contributed by atoms with Gasteiger partial charge in [0, 0.05) is 18.3 Å². The summed E-state index contributed by atoms with van der Waals surface area (Å²) >= 11 is 0. The van der Waals surface area contributed by atoms with Crippen LogP contribution >= 0.6 is 0 Å². The molecule has 1 rings (SSSR count). The Balaban J connectivity index is 2.50. The Morgan fingerprint density at radius 2 is 2.36 bits per heavy atom. The fourth-order valence-electron chi connectivity index (χ4n) is 1.41. The Morgan fingerprint density at radius 3 is 2.86 bits per heavy atom.